The van der Waals surface area contributed by atoms with E-state index in [0.717, 1.165) is 18.4 Å². The van der Waals surface area contributed by atoms with Gasteiger partial charge in [-0.15, -0.1) is 5.10 Å². The SMILES string of the molecule is CCCCC(C(=O)O)n1cc(-c2cnc(SC)nc2)nn1. The molecule has 0 aromatic carbocycles. The Kier molecular flexibility index (Phi) is 5.26. The quantitative estimate of drug-likeness (QED) is 0.619. The highest BCUT2D eigenvalue weighted by Gasteiger charge is 2.21. The van der Waals surface area contributed by atoms with E-state index in [2.05, 4.69) is 20.3 Å². The molecule has 0 saturated heterocycles. The minimum absolute atomic E-state index is 0.538. The highest BCUT2D eigenvalue weighted by atomic mass is 32.2. The monoisotopic (exact) mass is 307 g/mol. The van der Waals surface area contributed by atoms with Gasteiger partial charge in [0.2, 0.25) is 0 Å². The van der Waals surface area contributed by atoms with Gasteiger partial charge < -0.3 is 5.11 Å². The third-order valence-electron chi connectivity index (χ3n) is 3.05. The molecule has 112 valence electrons. The second-order valence-electron chi connectivity index (χ2n) is 4.54. The molecule has 2 rings (SSSR count). The first-order valence-corrected chi connectivity index (χ1v) is 7.89. The lowest BCUT2D eigenvalue weighted by Crippen LogP contribution is -2.19. The van der Waals surface area contributed by atoms with Crippen molar-refractivity contribution in [2.75, 3.05) is 6.26 Å². The standard InChI is InChI=1S/C13H17N5O2S/c1-3-4-5-11(12(19)20)18-8-10(16-17-18)9-6-14-13(21-2)15-7-9/h6-8,11H,3-5H2,1-2H3,(H,19,20). The molecule has 0 radical (unpaired) electrons. The molecule has 1 unspecified atom stereocenters. The van der Waals surface area contributed by atoms with E-state index in [1.54, 1.807) is 18.6 Å². The third kappa shape index (κ3) is 3.78. The smallest absolute Gasteiger partial charge is 0.328 e. The Balaban J connectivity index is 2.20. The summed E-state index contributed by atoms with van der Waals surface area (Å²) in [6.45, 7) is 2.02. The van der Waals surface area contributed by atoms with Crippen molar-refractivity contribution in [3.8, 4) is 11.3 Å². The molecule has 0 aliphatic heterocycles. The van der Waals surface area contributed by atoms with Gasteiger partial charge in [0.1, 0.15) is 5.69 Å². The second-order valence-corrected chi connectivity index (χ2v) is 5.31. The molecule has 0 aliphatic carbocycles. The number of carboxylic acid groups (broad SMARTS) is 1. The van der Waals surface area contributed by atoms with Crippen molar-refractivity contribution >= 4 is 17.7 Å². The Morgan fingerprint density at radius 3 is 2.71 bits per heavy atom. The van der Waals surface area contributed by atoms with Gasteiger partial charge in [-0.2, -0.15) is 0 Å². The van der Waals surface area contributed by atoms with Gasteiger partial charge in [0.25, 0.3) is 0 Å². The van der Waals surface area contributed by atoms with Gasteiger partial charge >= 0.3 is 5.97 Å². The first kappa shape index (κ1) is 15.4. The van der Waals surface area contributed by atoms with Crippen molar-refractivity contribution in [1.82, 2.24) is 25.0 Å². The molecule has 1 N–H and O–H groups in total. The minimum atomic E-state index is -0.895. The molecular weight excluding hydrogens is 290 g/mol. The van der Waals surface area contributed by atoms with Crippen molar-refractivity contribution in [2.24, 2.45) is 0 Å². The highest BCUT2D eigenvalue weighted by Crippen LogP contribution is 2.20. The molecule has 2 aromatic heterocycles. The van der Waals surface area contributed by atoms with Crippen LogP contribution in [0.5, 0.6) is 0 Å². The van der Waals surface area contributed by atoms with Crippen LogP contribution < -0.4 is 0 Å². The van der Waals surface area contributed by atoms with Crippen LogP contribution in [-0.4, -0.2) is 42.3 Å². The average molecular weight is 307 g/mol. The Bertz CT molecular complexity index is 599. The molecule has 7 nitrogen and oxygen atoms in total. The van der Waals surface area contributed by atoms with E-state index in [0.29, 0.717) is 17.3 Å². The molecule has 21 heavy (non-hydrogen) atoms. The van der Waals surface area contributed by atoms with E-state index in [9.17, 15) is 9.90 Å². The molecule has 1 atom stereocenters. The maximum absolute atomic E-state index is 11.3. The maximum Gasteiger partial charge on any atom is 0.328 e. The molecule has 2 heterocycles. The van der Waals surface area contributed by atoms with E-state index in [1.807, 2.05) is 13.2 Å². The largest absolute Gasteiger partial charge is 0.480 e. The predicted octanol–water partition coefficient (Wildman–Crippen LogP) is 2.27. The maximum atomic E-state index is 11.3. The van der Waals surface area contributed by atoms with Crippen LogP contribution in [0.3, 0.4) is 0 Å². The van der Waals surface area contributed by atoms with E-state index in [-0.39, 0.29) is 0 Å². The van der Waals surface area contributed by atoms with Crippen molar-refractivity contribution in [3.05, 3.63) is 18.6 Å². The van der Waals surface area contributed by atoms with Crippen LogP contribution in [0.2, 0.25) is 0 Å². The number of thioether (sulfide) groups is 1. The molecule has 0 spiro atoms. The van der Waals surface area contributed by atoms with Crippen LogP contribution >= 0.6 is 11.8 Å². The molecule has 0 amide bonds. The van der Waals surface area contributed by atoms with Gasteiger partial charge in [0, 0.05) is 18.0 Å². The molecule has 0 fully saturated rings. The summed E-state index contributed by atoms with van der Waals surface area (Å²) in [5, 5.41) is 17.9. The molecular formula is C13H17N5O2S. The van der Waals surface area contributed by atoms with Gasteiger partial charge in [0.05, 0.1) is 6.20 Å². The number of hydrogen-bond donors (Lipinski definition) is 1. The molecule has 0 bridgehead atoms. The number of nitrogens with zero attached hydrogens (tertiary/aromatic N) is 5. The van der Waals surface area contributed by atoms with Crippen LogP contribution in [0.1, 0.15) is 32.2 Å². The summed E-state index contributed by atoms with van der Waals surface area (Å²) in [5.74, 6) is -0.895. The van der Waals surface area contributed by atoms with Crippen LogP contribution in [0, 0.1) is 0 Å². The number of aliphatic carboxylic acids is 1. The van der Waals surface area contributed by atoms with Gasteiger partial charge in [-0.05, 0) is 12.7 Å². The van der Waals surface area contributed by atoms with Gasteiger partial charge in [-0.3, -0.25) is 0 Å². The fourth-order valence-corrected chi connectivity index (χ4v) is 2.20. The number of rotatable bonds is 7. The summed E-state index contributed by atoms with van der Waals surface area (Å²) in [4.78, 5) is 19.7. The van der Waals surface area contributed by atoms with E-state index < -0.39 is 12.0 Å². The van der Waals surface area contributed by atoms with Gasteiger partial charge in [-0.1, -0.05) is 36.7 Å². The molecule has 0 aliphatic rings. The fraction of sp³-hybridized carbons (Fsp3) is 0.462. The number of aromatic nitrogens is 5. The zero-order valence-corrected chi connectivity index (χ0v) is 12.7. The van der Waals surface area contributed by atoms with Crippen LogP contribution in [-0.2, 0) is 4.79 Å². The number of unbranched alkanes of at least 4 members (excludes halogenated alkanes) is 1. The molecule has 2 aromatic rings. The lowest BCUT2D eigenvalue weighted by molar-refractivity contribution is -0.141. The van der Waals surface area contributed by atoms with E-state index in [1.165, 1.54) is 16.4 Å². The van der Waals surface area contributed by atoms with Crippen LogP contribution in [0.4, 0.5) is 0 Å². The first-order valence-electron chi connectivity index (χ1n) is 6.66. The average Bonchev–Trinajstić information content (AvgIpc) is 2.97. The van der Waals surface area contributed by atoms with Crippen molar-refractivity contribution < 1.29 is 9.90 Å². The Morgan fingerprint density at radius 2 is 2.14 bits per heavy atom. The number of hydrogen-bond acceptors (Lipinski definition) is 6. The summed E-state index contributed by atoms with van der Waals surface area (Å²) < 4.78 is 1.40. The minimum Gasteiger partial charge on any atom is -0.480 e. The van der Waals surface area contributed by atoms with Crippen molar-refractivity contribution in [2.45, 2.75) is 37.4 Å². The summed E-state index contributed by atoms with van der Waals surface area (Å²) in [6, 6.07) is -0.683. The Labute approximate surface area is 126 Å². The fourth-order valence-electron chi connectivity index (χ4n) is 1.88. The van der Waals surface area contributed by atoms with E-state index in [4.69, 9.17) is 0 Å². The van der Waals surface area contributed by atoms with Gasteiger partial charge in [0.15, 0.2) is 11.2 Å². The topological polar surface area (TPSA) is 93.8 Å². The predicted molar refractivity (Wildman–Crippen MR) is 79.0 cm³/mol. The molecule has 8 heteroatoms. The zero-order chi connectivity index (χ0) is 15.2. The summed E-state index contributed by atoms with van der Waals surface area (Å²) >= 11 is 1.45. The summed E-state index contributed by atoms with van der Waals surface area (Å²) in [7, 11) is 0. The second kappa shape index (κ2) is 7.16. The number of carbonyl (C=O) groups is 1. The summed E-state index contributed by atoms with van der Waals surface area (Å²) in [6.07, 6.45) is 9.16. The number of carboxylic acids is 1. The lowest BCUT2D eigenvalue weighted by Gasteiger charge is -2.10. The van der Waals surface area contributed by atoms with Crippen LogP contribution in [0.15, 0.2) is 23.7 Å². The zero-order valence-electron chi connectivity index (χ0n) is 11.9. The third-order valence-corrected chi connectivity index (χ3v) is 3.63. The normalized spacial score (nSPS) is 12.3. The van der Waals surface area contributed by atoms with Crippen molar-refractivity contribution in [3.63, 3.8) is 0 Å². The van der Waals surface area contributed by atoms with Crippen LogP contribution in [0.25, 0.3) is 11.3 Å². The first-order chi connectivity index (χ1) is 10.2. The molecule has 0 saturated carbocycles. The van der Waals surface area contributed by atoms with Gasteiger partial charge in [-0.25, -0.2) is 19.4 Å². The highest BCUT2D eigenvalue weighted by molar-refractivity contribution is 7.98. The Morgan fingerprint density at radius 1 is 1.43 bits per heavy atom. The van der Waals surface area contributed by atoms with Crippen molar-refractivity contribution in [1.29, 1.82) is 0 Å². The Hall–Kier alpha value is -1.96. The van der Waals surface area contributed by atoms with E-state index >= 15 is 0 Å². The summed E-state index contributed by atoms with van der Waals surface area (Å²) in [5.41, 5.74) is 1.30. The lowest BCUT2D eigenvalue weighted by atomic mass is 10.1.